The van der Waals surface area contributed by atoms with E-state index in [0.717, 1.165) is 16.8 Å². The molecule has 0 atom stereocenters. The van der Waals surface area contributed by atoms with E-state index in [1.54, 1.807) is 30.3 Å². The number of nitrogens with one attached hydrogen (secondary N) is 2. The molecule has 4 aromatic carbocycles. The Bertz CT molecular complexity index is 1450. The molecule has 0 fully saturated rings. The summed E-state index contributed by atoms with van der Waals surface area (Å²) in [7, 11) is 0. The van der Waals surface area contributed by atoms with Crippen LogP contribution in [0, 0.1) is 5.82 Å². The number of rotatable bonds is 3. The lowest BCUT2D eigenvalue weighted by Crippen LogP contribution is -2.26. The third kappa shape index (κ3) is 3.71. The topological polar surface area (TPSA) is 98.7 Å². The van der Waals surface area contributed by atoms with Crippen LogP contribution >= 0.6 is 0 Å². The van der Waals surface area contributed by atoms with Crippen molar-refractivity contribution in [2.24, 2.45) is 0 Å². The molecule has 1 aliphatic heterocycles. The molecule has 0 spiro atoms. The van der Waals surface area contributed by atoms with Crippen molar-refractivity contribution in [1.82, 2.24) is 0 Å². The molecule has 34 heavy (non-hydrogen) atoms. The maximum Gasteiger partial charge on any atom is 0.262 e. The van der Waals surface area contributed by atoms with Crippen LogP contribution in [0.3, 0.4) is 0 Å². The van der Waals surface area contributed by atoms with Crippen molar-refractivity contribution in [3.63, 3.8) is 0 Å². The summed E-state index contributed by atoms with van der Waals surface area (Å²) >= 11 is 0. The highest BCUT2D eigenvalue weighted by atomic mass is 19.1. The summed E-state index contributed by atoms with van der Waals surface area (Å²) in [5.74, 6) is -2.92. The Morgan fingerprint density at radius 1 is 0.941 bits per heavy atom. The van der Waals surface area contributed by atoms with Crippen LogP contribution in [0.5, 0.6) is 5.75 Å². The number of hydrogen-bond donors (Lipinski definition) is 3. The molecule has 0 unspecified atom stereocenters. The van der Waals surface area contributed by atoms with Crippen LogP contribution in [-0.4, -0.2) is 22.8 Å². The predicted molar refractivity (Wildman–Crippen MR) is 127 cm³/mol. The highest BCUT2D eigenvalue weighted by molar-refractivity contribution is 6.21. The third-order valence-electron chi connectivity index (χ3n) is 5.58. The SMILES string of the molecule is O=C1CC(=O)N(c2ccc(NC(=O)c3c(O)cccc3F)cc2)c2ccc3ccccc3c2N1. The van der Waals surface area contributed by atoms with Gasteiger partial charge >= 0.3 is 0 Å². The summed E-state index contributed by atoms with van der Waals surface area (Å²) in [5, 5.41) is 16.9. The fourth-order valence-electron chi connectivity index (χ4n) is 4.02. The largest absolute Gasteiger partial charge is 0.507 e. The lowest BCUT2D eigenvalue weighted by atomic mass is 10.1. The first-order chi connectivity index (χ1) is 16.4. The summed E-state index contributed by atoms with van der Waals surface area (Å²) in [6, 6.07) is 21.1. The van der Waals surface area contributed by atoms with Gasteiger partial charge in [-0.05, 0) is 47.9 Å². The quantitative estimate of drug-likeness (QED) is 0.381. The molecular weight excluding hydrogens is 437 g/mol. The molecule has 0 aromatic heterocycles. The Morgan fingerprint density at radius 2 is 1.71 bits per heavy atom. The van der Waals surface area contributed by atoms with Crippen LogP contribution in [0.15, 0.2) is 78.9 Å². The average Bonchev–Trinajstić information content (AvgIpc) is 2.94. The van der Waals surface area contributed by atoms with Gasteiger partial charge in [-0.3, -0.25) is 19.3 Å². The highest BCUT2D eigenvalue weighted by Gasteiger charge is 2.28. The van der Waals surface area contributed by atoms with Crippen molar-refractivity contribution in [3.8, 4) is 5.75 Å². The van der Waals surface area contributed by atoms with E-state index in [4.69, 9.17) is 0 Å². The number of amides is 3. The summed E-state index contributed by atoms with van der Waals surface area (Å²) in [6.07, 6.45) is -0.325. The minimum absolute atomic E-state index is 0.325. The number of phenolic OH excluding ortho intramolecular Hbond substituents is 1. The maximum atomic E-state index is 14.0. The average molecular weight is 455 g/mol. The Kier molecular flexibility index (Phi) is 5.18. The maximum absolute atomic E-state index is 14.0. The van der Waals surface area contributed by atoms with E-state index in [-0.39, 0.29) is 6.42 Å². The summed E-state index contributed by atoms with van der Waals surface area (Å²) in [5.41, 5.74) is 1.44. The van der Waals surface area contributed by atoms with E-state index in [9.17, 15) is 23.9 Å². The van der Waals surface area contributed by atoms with Gasteiger partial charge in [0, 0.05) is 16.8 Å². The second-order valence-corrected chi connectivity index (χ2v) is 7.77. The Labute approximate surface area is 193 Å². The van der Waals surface area contributed by atoms with Crippen molar-refractivity contribution in [1.29, 1.82) is 0 Å². The number of carbonyl (C=O) groups is 3. The fourth-order valence-corrected chi connectivity index (χ4v) is 4.02. The normalized spacial score (nSPS) is 13.3. The molecule has 1 aliphatic rings. The van der Waals surface area contributed by atoms with Gasteiger partial charge in [-0.15, -0.1) is 0 Å². The molecule has 0 bridgehead atoms. The van der Waals surface area contributed by atoms with Crippen LogP contribution in [0.25, 0.3) is 10.8 Å². The number of fused-ring (bicyclic) bond motifs is 3. The lowest BCUT2D eigenvalue weighted by molar-refractivity contribution is -0.124. The molecule has 4 aromatic rings. The van der Waals surface area contributed by atoms with Crippen molar-refractivity contribution in [3.05, 3.63) is 90.2 Å². The number of carbonyl (C=O) groups excluding carboxylic acids is 3. The molecule has 1 heterocycles. The van der Waals surface area contributed by atoms with Crippen LogP contribution in [0.2, 0.25) is 0 Å². The predicted octanol–water partition coefficient (Wildman–Crippen LogP) is 4.94. The number of halogens is 1. The van der Waals surface area contributed by atoms with Crippen molar-refractivity contribution < 1.29 is 23.9 Å². The number of hydrogen-bond acceptors (Lipinski definition) is 4. The first kappa shape index (κ1) is 21.1. The number of nitrogens with zero attached hydrogens (tertiary/aromatic N) is 1. The van der Waals surface area contributed by atoms with Gasteiger partial charge in [0.1, 0.15) is 23.6 Å². The van der Waals surface area contributed by atoms with Gasteiger partial charge in [-0.2, -0.15) is 0 Å². The lowest BCUT2D eigenvalue weighted by Gasteiger charge is -2.23. The zero-order valence-corrected chi connectivity index (χ0v) is 17.7. The first-order valence-electron chi connectivity index (χ1n) is 10.5. The van der Waals surface area contributed by atoms with Gasteiger partial charge in [0.15, 0.2) is 0 Å². The zero-order chi connectivity index (χ0) is 23.8. The second kappa shape index (κ2) is 8.32. The van der Waals surface area contributed by atoms with E-state index in [0.29, 0.717) is 22.7 Å². The molecule has 0 radical (unpaired) electrons. The van der Waals surface area contributed by atoms with Crippen LogP contribution in [0.4, 0.5) is 27.1 Å². The molecule has 0 aliphatic carbocycles. The minimum Gasteiger partial charge on any atom is -0.507 e. The molecule has 3 N–H and O–H groups in total. The third-order valence-corrected chi connectivity index (χ3v) is 5.58. The number of anilines is 4. The highest BCUT2D eigenvalue weighted by Crippen LogP contribution is 2.40. The molecule has 8 heteroatoms. The molecule has 0 saturated carbocycles. The second-order valence-electron chi connectivity index (χ2n) is 7.77. The van der Waals surface area contributed by atoms with Gasteiger partial charge < -0.3 is 15.7 Å². The number of phenols is 1. The Hall–Kier alpha value is -4.72. The van der Waals surface area contributed by atoms with E-state index in [1.807, 2.05) is 30.3 Å². The van der Waals surface area contributed by atoms with Crippen molar-refractivity contribution in [2.45, 2.75) is 6.42 Å². The summed E-state index contributed by atoms with van der Waals surface area (Å²) in [6.45, 7) is 0. The van der Waals surface area contributed by atoms with Crippen LogP contribution in [0.1, 0.15) is 16.8 Å². The summed E-state index contributed by atoms with van der Waals surface area (Å²) in [4.78, 5) is 39.3. The van der Waals surface area contributed by atoms with Gasteiger partial charge in [-0.25, -0.2) is 4.39 Å². The molecule has 7 nitrogen and oxygen atoms in total. The number of aromatic hydroxyl groups is 1. The van der Waals surface area contributed by atoms with Crippen molar-refractivity contribution >= 4 is 51.2 Å². The van der Waals surface area contributed by atoms with Gasteiger partial charge in [0.05, 0.1) is 11.4 Å². The molecule has 5 rings (SSSR count). The molecule has 0 saturated heterocycles. The molecule has 168 valence electrons. The zero-order valence-electron chi connectivity index (χ0n) is 17.7. The monoisotopic (exact) mass is 455 g/mol. The Morgan fingerprint density at radius 3 is 2.47 bits per heavy atom. The summed E-state index contributed by atoms with van der Waals surface area (Å²) < 4.78 is 14.0. The fraction of sp³-hybridized carbons (Fsp3) is 0.0385. The smallest absolute Gasteiger partial charge is 0.262 e. The van der Waals surface area contributed by atoms with E-state index in [1.165, 1.54) is 17.0 Å². The Balaban J connectivity index is 1.49. The van der Waals surface area contributed by atoms with Gasteiger partial charge in [0.2, 0.25) is 11.8 Å². The van der Waals surface area contributed by atoms with E-state index >= 15 is 0 Å². The van der Waals surface area contributed by atoms with Gasteiger partial charge in [-0.1, -0.05) is 36.4 Å². The first-order valence-corrected chi connectivity index (χ1v) is 10.5. The van der Waals surface area contributed by atoms with Crippen molar-refractivity contribution in [2.75, 3.05) is 15.5 Å². The van der Waals surface area contributed by atoms with E-state index < -0.39 is 34.9 Å². The molecular formula is C26H18FN3O4. The van der Waals surface area contributed by atoms with Gasteiger partial charge in [0.25, 0.3) is 5.91 Å². The van der Waals surface area contributed by atoms with Crippen LogP contribution < -0.4 is 15.5 Å². The standard InChI is InChI=1S/C26H18FN3O4/c27-19-6-3-7-21(31)24(19)26(34)28-16-9-11-17(12-10-16)30-20-13-8-15-4-1-2-5-18(15)25(20)29-22(32)14-23(30)33/h1-13,31H,14H2,(H,28,34)(H,29,32). The van der Waals surface area contributed by atoms with Crippen LogP contribution in [-0.2, 0) is 9.59 Å². The minimum atomic E-state index is -0.842. The number of benzene rings is 4. The van der Waals surface area contributed by atoms with E-state index in [2.05, 4.69) is 10.6 Å². The molecule has 3 amide bonds.